The molecule has 0 aromatic carbocycles. The van der Waals surface area contributed by atoms with Crippen LogP contribution in [-0.2, 0) is 0 Å². The highest BCUT2D eigenvalue weighted by Crippen LogP contribution is 2.06. The molecule has 0 radical (unpaired) electrons. The molecule has 1 aliphatic rings. The molecular formula is C9H20N2S. The minimum absolute atomic E-state index is 0.749. The van der Waals surface area contributed by atoms with E-state index in [1.165, 1.54) is 38.8 Å². The van der Waals surface area contributed by atoms with E-state index in [2.05, 4.69) is 23.3 Å². The van der Waals surface area contributed by atoms with E-state index >= 15 is 0 Å². The summed E-state index contributed by atoms with van der Waals surface area (Å²) in [5, 5.41) is 6.96. The van der Waals surface area contributed by atoms with Gasteiger partial charge in [-0.15, -0.1) is 0 Å². The van der Waals surface area contributed by atoms with Gasteiger partial charge in [-0.25, -0.2) is 0 Å². The molecule has 0 bridgehead atoms. The molecular weight excluding hydrogens is 168 g/mol. The van der Waals surface area contributed by atoms with Crippen LogP contribution < -0.4 is 10.6 Å². The van der Waals surface area contributed by atoms with Crippen LogP contribution in [-0.4, -0.2) is 31.4 Å². The fourth-order valence-corrected chi connectivity index (χ4v) is 1.82. The zero-order chi connectivity index (χ0) is 8.65. The average molecular weight is 188 g/mol. The first-order valence-corrected chi connectivity index (χ1v) is 5.61. The Labute approximate surface area is 80.9 Å². The van der Waals surface area contributed by atoms with Crippen LogP contribution in [0.25, 0.3) is 0 Å². The van der Waals surface area contributed by atoms with E-state index < -0.39 is 0 Å². The maximum Gasteiger partial charge on any atom is 0.00683 e. The van der Waals surface area contributed by atoms with E-state index in [0.29, 0.717) is 0 Å². The summed E-state index contributed by atoms with van der Waals surface area (Å²) < 4.78 is 0. The van der Waals surface area contributed by atoms with Crippen LogP contribution in [0.5, 0.6) is 0 Å². The largest absolute Gasteiger partial charge is 0.317 e. The van der Waals surface area contributed by atoms with E-state index in [9.17, 15) is 0 Å². The van der Waals surface area contributed by atoms with Crippen molar-refractivity contribution in [3.8, 4) is 0 Å². The molecule has 72 valence electrons. The summed E-state index contributed by atoms with van der Waals surface area (Å²) in [6.45, 7) is 3.44. The molecule has 0 unspecified atom stereocenters. The van der Waals surface area contributed by atoms with Crippen molar-refractivity contribution in [1.29, 1.82) is 0 Å². The van der Waals surface area contributed by atoms with Crippen molar-refractivity contribution in [2.45, 2.75) is 31.7 Å². The SMILES string of the molecule is SCCNC1CCCNCCC1. The van der Waals surface area contributed by atoms with Gasteiger partial charge in [0.1, 0.15) is 0 Å². The van der Waals surface area contributed by atoms with Gasteiger partial charge in [-0.2, -0.15) is 12.6 Å². The van der Waals surface area contributed by atoms with Crippen molar-refractivity contribution in [3.63, 3.8) is 0 Å². The first kappa shape index (κ1) is 10.4. The predicted molar refractivity (Wildman–Crippen MR) is 57.0 cm³/mol. The number of hydrogen-bond acceptors (Lipinski definition) is 3. The lowest BCUT2D eigenvalue weighted by atomic mass is 10.0. The van der Waals surface area contributed by atoms with Crippen LogP contribution in [0.4, 0.5) is 0 Å². The minimum atomic E-state index is 0.749. The normalized spacial score (nSPS) is 21.8. The molecule has 1 heterocycles. The molecule has 0 atom stereocenters. The first-order chi connectivity index (χ1) is 5.93. The molecule has 2 nitrogen and oxygen atoms in total. The fourth-order valence-electron chi connectivity index (χ4n) is 1.69. The summed E-state index contributed by atoms with van der Waals surface area (Å²) in [6.07, 6.45) is 5.26. The first-order valence-electron chi connectivity index (χ1n) is 4.98. The summed E-state index contributed by atoms with van der Waals surface area (Å²) in [7, 11) is 0. The quantitative estimate of drug-likeness (QED) is 0.577. The van der Waals surface area contributed by atoms with Crippen molar-refractivity contribution in [2.75, 3.05) is 25.4 Å². The summed E-state index contributed by atoms with van der Waals surface area (Å²) >= 11 is 4.19. The van der Waals surface area contributed by atoms with Gasteiger partial charge >= 0.3 is 0 Å². The van der Waals surface area contributed by atoms with Gasteiger partial charge in [-0.05, 0) is 38.8 Å². The van der Waals surface area contributed by atoms with Crippen molar-refractivity contribution in [2.24, 2.45) is 0 Å². The summed E-state index contributed by atoms with van der Waals surface area (Å²) in [5.41, 5.74) is 0. The number of thiol groups is 1. The van der Waals surface area contributed by atoms with Gasteiger partial charge in [0.2, 0.25) is 0 Å². The monoisotopic (exact) mass is 188 g/mol. The highest BCUT2D eigenvalue weighted by Gasteiger charge is 2.08. The molecule has 3 heteroatoms. The molecule has 1 rings (SSSR count). The number of rotatable bonds is 3. The molecule has 0 aliphatic carbocycles. The molecule has 0 aromatic heterocycles. The van der Waals surface area contributed by atoms with Crippen molar-refractivity contribution in [3.05, 3.63) is 0 Å². The molecule has 0 saturated carbocycles. The molecule has 0 spiro atoms. The van der Waals surface area contributed by atoms with Gasteiger partial charge in [-0.1, -0.05) is 0 Å². The van der Waals surface area contributed by atoms with E-state index in [1.807, 2.05) is 0 Å². The average Bonchev–Trinajstić information content (AvgIpc) is 2.02. The minimum Gasteiger partial charge on any atom is -0.317 e. The van der Waals surface area contributed by atoms with Crippen molar-refractivity contribution < 1.29 is 0 Å². The van der Waals surface area contributed by atoms with Gasteiger partial charge in [0, 0.05) is 18.3 Å². The Morgan fingerprint density at radius 3 is 2.50 bits per heavy atom. The molecule has 1 fully saturated rings. The number of hydrogen-bond donors (Lipinski definition) is 3. The fraction of sp³-hybridized carbons (Fsp3) is 1.00. The smallest absolute Gasteiger partial charge is 0.00683 e. The molecule has 0 amide bonds. The van der Waals surface area contributed by atoms with E-state index in [1.54, 1.807) is 0 Å². The Bertz CT molecular complexity index is 97.9. The lowest BCUT2D eigenvalue weighted by Crippen LogP contribution is -2.34. The predicted octanol–water partition coefficient (Wildman–Crippen LogP) is 1.04. The second-order valence-corrected chi connectivity index (χ2v) is 3.86. The lowest BCUT2D eigenvalue weighted by molar-refractivity contribution is 0.406. The van der Waals surface area contributed by atoms with Gasteiger partial charge in [0.25, 0.3) is 0 Å². The van der Waals surface area contributed by atoms with Crippen LogP contribution in [0.3, 0.4) is 0 Å². The zero-order valence-electron chi connectivity index (χ0n) is 7.68. The third kappa shape index (κ3) is 4.33. The van der Waals surface area contributed by atoms with Crippen LogP contribution in [0.2, 0.25) is 0 Å². The maximum absolute atomic E-state index is 4.19. The van der Waals surface area contributed by atoms with Gasteiger partial charge in [0.15, 0.2) is 0 Å². The van der Waals surface area contributed by atoms with Gasteiger partial charge < -0.3 is 10.6 Å². The Morgan fingerprint density at radius 2 is 1.92 bits per heavy atom. The van der Waals surface area contributed by atoms with Crippen LogP contribution in [0.1, 0.15) is 25.7 Å². The highest BCUT2D eigenvalue weighted by molar-refractivity contribution is 7.80. The third-order valence-corrected chi connectivity index (χ3v) is 2.58. The summed E-state index contributed by atoms with van der Waals surface area (Å²) in [6, 6.07) is 0.749. The Kier molecular flexibility index (Phi) is 5.82. The Balaban J connectivity index is 2.11. The molecule has 12 heavy (non-hydrogen) atoms. The molecule has 0 aromatic rings. The topological polar surface area (TPSA) is 24.1 Å². The van der Waals surface area contributed by atoms with Gasteiger partial charge in [-0.3, -0.25) is 0 Å². The standard InChI is InChI=1S/C9H20N2S/c12-8-7-11-9-3-1-5-10-6-2-4-9/h9-12H,1-8H2. The molecule has 1 aliphatic heterocycles. The lowest BCUT2D eigenvalue weighted by Gasteiger charge is -2.21. The summed E-state index contributed by atoms with van der Waals surface area (Å²) in [4.78, 5) is 0. The second-order valence-electron chi connectivity index (χ2n) is 3.41. The Morgan fingerprint density at radius 1 is 1.25 bits per heavy atom. The maximum atomic E-state index is 4.19. The van der Waals surface area contributed by atoms with E-state index in [-0.39, 0.29) is 0 Å². The zero-order valence-corrected chi connectivity index (χ0v) is 8.58. The van der Waals surface area contributed by atoms with Crippen molar-refractivity contribution in [1.82, 2.24) is 10.6 Å². The summed E-state index contributed by atoms with van der Waals surface area (Å²) in [5.74, 6) is 0.953. The Hall–Kier alpha value is 0.270. The number of nitrogens with one attached hydrogen (secondary N) is 2. The highest BCUT2D eigenvalue weighted by atomic mass is 32.1. The van der Waals surface area contributed by atoms with E-state index in [0.717, 1.165) is 18.3 Å². The second kappa shape index (κ2) is 6.75. The third-order valence-electron chi connectivity index (χ3n) is 2.36. The van der Waals surface area contributed by atoms with Crippen LogP contribution >= 0.6 is 12.6 Å². The van der Waals surface area contributed by atoms with Crippen LogP contribution in [0, 0.1) is 0 Å². The van der Waals surface area contributed by atoms with E-state index in [4.69, 9.17) is 0 Å². The van der Waals surface area contributed by atoms with Gasteiger partial charge in [0.05, 0.1) is 0 Å². The molecule has 1 saturated heterocycles. The van der Waals surface area contributed by atoms with Crippen LogP contribution in [0.15, 0.2) is 0 Å². The molecule has 2 N–H and O–H groups in total. The van der Waals surface area contributed by atoms with Crippen molar-refractivity contribution >= 4 is 12.6 Å².